The quantitative estimate of drug-likeness (QED) is 0.522. The molecule has 1 aliphatic carbocycles. The second-order valence-electron chi connectivity index (χ2n) is 5.51. The number of nitro groups is 1. The average molecular weight is 301 g/mol. The molecule has 0 aromatic carbocycles. The molecule has 2 unspecified atom stereocenters. The van der Waals surface area contributed by atoms with Crippen LogP contribution < -0.4 is 5.32 Å². The number of hydrogen-bond donors (Lipinski definition) is 1. The van der Waals surface area contributed by atoms with E-state index in [0.717, 1.165) is 6.42 Å². The molecule has 1 heterocycles. The standard InChI is InChI=1S/C12H17ClN4O3/c1-6-9(17(18)19)10(16-11(13)14-6)15-7-5-8(20-4)12(7,2)3/h7-8H,5H2,1-4H3,(H,14,15,16). The van der Waals surface area contributed by atoms with E-state index in [0.29, 0.717) is 0 Å². The molecule has 0 bridgehead atoms. The van der Waals surface area contributed by atoms with Crippen molar-refractivity contribution in [3.8, 4) is 0 Å². The highest BCUT2D eigenvalue weighted by molar-refractivity contribution is 6.28. The van der Waals surface area contributed by atoms with Gasteiger partial charge in [0.05, 0.1) is 11.0 Å². The van der Waals surface area contributed by atoms with Crippen molar-refractivity contribution in [2.45, 2.75) is 39.3 Å². The first-order chi connectivity index (χ1) is 9.27. The van der Waals surface area contributed by atoms with Gasteiger partial charge in [-0.2, -0.15) is 4.98 Å². The van der Waals surface area contributed by atoms with Crippen molar-refractivity contribution in [3.05, 3.63) is 21.1 Å². The molecule has 2 rings (SSSR count). The van der Waals surface area contributed by atoms with Crippen LogP contribution in [0.3, 0.4) is 0 Å². The molecule has 0 amide bonds. The Morgan fingerprint density at radius 3 is 2.65 bits per heavy atom. The molecule has 1 fully saturated rings. The van der Waals surface area contributed by atoms with Gasteiger partial charge in [-0.15, -0.1) is 0 Å². The van der Waals surface area contributed by atoms with Gasteiger partial charge in [-0.25, -0.2) is 4.98 Å². The summed E-state index contributed by atoms with van der Waals surface area (Å²) in [4.78, 5) is 18.4. The van der Waals surface area contributed by atoms with Crippen LogP contribution in [0.2, 0.25) is 5.28 Å². The van der Waals surface area contributed by atoms with E-state index in [1.807, 2.05) is 13.8 Å². The zero-order valence-corrected chi connectivity index (χ0v) is 12.6. The summed E-state index contributed by atoms with van der Waals surface area (Å²) in [6.07, 6.45) is 0.888. The Morgan fingerprint density at radius 1 is 1.50 bits per heavy atom. The number of hydrogen-bond acceptors (Lipinski definition) is 6. The van der Waals surface area contributed by atoms with E-state index in [1.165, 1.54) is 0 Å². The third kappa shape index (κ3) is 2.43. The fourth-order valence-corrected chi connectivity index (χ4v) is 2.76. The third-order valence-electron chi connectivity index (χ3n) is 3.99. The second kappa shape index (κ2) is 5.14. The Labute approximate surface area is 121 Å². The molecule has 1 aromatic rings. The Bertz CT molecular complexity index is 550. The van der Waals surface area contributed by atoms with E-state index in [1.54, 1.807) is 14.0 Å². The van der Waals surface area contributed by atoms with Gasteiger partial charge in [0.1, 0.15) is 5.69 Å². The molecule has 8 heteroatoms. The maximum atomic E-state index is 11.1. The van der Waals surface area contributed by atoms with Crippen LogP contribution in [0.5, 0.6) is 0 Å². The van der Waals surface area contributed by atoms with E-state index in [4.69, 9.17) is 16.3 Å². The lowest BCUT2D eigenvalue weighted by Crippen LogP contribution is -2.57. The predicted octanol–water partition coefficient (Wildman–Crippen LogP) is 2.57. The summed E-state index contributed by atoms with van der Waals surface area (Å²) in [5.74, 6) is 0.167. The monoisotopic (exact) mass is 300 g/mol. The molecule has 20 heavy (non-hydrogen) atoms. The largest absolute Gasteiger partial charge is 0.381 e. The van der Waals surface area contributed by atoms with Crippen LogP contribution in [0.15, 0.2) is 0 Å². The highest BCUT2D eigenvalue weighted by atomic mass is 35.5. The number of ether oxygens (including phenoxy) is 1. The minimum atomic E-state index is -0.493. The summed E-state index contributed by atoms with van der Waals surface area (Å²) in [5.41, 5.74) is -0.0162. The minimum absolute atomic E-state index is 0.00368. The van der Waals surface area contributed by atoms with Crippen LogP contribution in [0, 0.1) is 22.5 Å². The van der Waals surface area contributed by atoms with Crippen LogP contribution in [0.1, 0.15) is 26.0 Å². The summed E-state index contributed by atoms with van der Waals surface area (Å²) in [6, 6.07) is 0.0384. The summed E-state index contributed by atoms with van der Waals surface area (Å²) < 4.78 is 5.36. The average Bonchev–Trinajstić information content (AvgIpc) is 2.32. The van der Waals surface area contributed by atoms with Crippen molar-refractivity contribution in [2.75, 3.05) is 12.4 Å². The zero-order chi connectivity index (χ0) is 15.1. The summed E-state index contributed by atoms with van der Waals surface area (Å²) >= 11 is 5.79. The van der Waals surface area contributed by atoms with Gasteiger partial charge >= 0.3 is 5.69 Å². The minimum Gasteiger partial charge on any atom is -0.381 e. The summed E-state index contributed by atoms with van der Waals surface area (Å²) in [5, 5.41) is 14.2. The molecular weight excluding hydrogens is 284 g/mol. The van der Waals surface area contributed by atoms with E-state index < -0.39 is 4.92 Å². The number of aryl methyl sites for hydroxylation is 1. The highest BCUT2D eigenvalue weighted by Gasteiger charge is 2.49. The molecule has 0 saturated heterocycles. The highest BCUT2D eigenvalue weighted by Crippen LogP contribution is 2.44. The van der Waals surface area contributed by atoms with Crippen molar-refractivity contribution in [3.63, 3.8) is 0 Å². The van der Waals surface area contributed by atoms with Crippen molar-refractivity contribution < 1.29 is 9.66 Å². The summed E-state index contributed by atoms with van der Waals surface area (Å²) in [6.45, 7) is 5.63. The number of rotatable bonds is 4. The Morgan fingerprint density at radius 2 is 2.15 bits per heavy atom. The van der Waals surface area contributed by atoms with Crippen molar-refractivity contribution in [1.82, 2.24) is 9.97 Å². The van der Waals surface area contributed by atoms with Gasteiger partial charge in [0, 0.05) is 18.6 Å². The van der Waals surface area contributed by atoms with E-state index in [2.05, 4.69) is 15.3 Å². The van der Waals surface area contributed by atoms with Crippen LogP contribution in [-0.4, -0.2) is 34.1 Å². The fraction of sp³-hybridized carbons (Fsp3) is 0.667. The Kier molecular flexibility index (Phi) is 3.84. The number of halogens is 1. The normalized spacial score (nSPS) is 24.1. The zero-order valence-electron chi connectivity index (χ0n) is 11.8. The smallest absolute Gasteiger partial charge is 0.332 e. The maximum absolute atomic E-state index is 11.1. The SMILES string of the molecule is COC1CC(Nc2nc(Cl)nc(C)c2[N+](=O)[O-])C1(C)C. The number of nitrogens with zero attached hydrogens (tertiary/aromatic N) is 3. The van der Waals surface area contributed by atoms with Gasteiger partial charge in [0.25, 0.3) is 0 Å². The topological polar surface area (TPSA) is 90.2 Å². The van der Waals surface area contributed by atoms with Crippen molar-refractivity contribution >= 4 is 23.1 Å². The summed E-state index contributed by atoms with van der Waals surface area (Å²) in [7, 11) is 1.66. The van der Waals surface area contributed by atoms with Crippen LogP contribution in [0.4, 0.5) is 11.5 Å². The molecule has 1 N–H and O–H groups in total. The number of anilines is 1. The van der Waals surface area contributed by atoms with Gasteiger partial charge in [-0.1, -0.05) is 13.8 Å². The van der Waals surface area contributed by atoms with Gasteiger partial charge in [-0.3, -0.25) is 10.1 Å². The van der Waals surface area contributed by atoms with Crippen LogP contribution in [-0.2, 0) is 4.74 Å². The number of aromatic nitrogens is 2. The molecule has 0 spiro atoms. The number of methoxy groups -OCH3 is 1. The molecular formula is C12H17ClN4O3. The fourth-order valence-electron chi connectivity index (χ4n) is 2.55. The molecule has 7 nitrogen and oxygen atoms in total. The van der Waals surface area contributed by atoms with Gasteiger partial charge in [-0.05, 0) is 24.9 Å². The van der Waals surface area contributed by atoms with E-state index in [9.17, 15) is 10.1 Å². The lowest BCUT2D eigenvalue weighted by Gasteiger charge is -2.51. The van der Waals surface area contributed by atoms with Crippen molar-refractivity contribution in [1.29, 1.82) is 0 Å². The molecule has 0 aliphatic heterocycles. The molecule has 0 radical (unpaired) electrons. The van der Waals surface area contributed by atoms with Gasteiger partial charge in [0.2, 0.25) is 11.1 Å². The first-order valence-electron chi connectivity index (χ1n) is 6.25. The molecule has 1 aromatic heterocycles. The van der Waals surface area contributed by atoms with Gasteiger partial charge < -0.3 is 10.1 Å². The first-order valence-corrected chi connectivity index (χ1v) is 6.63. The van der Waals surface area contributed by atoms with Crippen LogP contribution >= 0.6 is 11.6 Å². The first kappa shape index (κ1) is 14.9. The van der Waals surface area contributed by atoms with E-state index >= 15 is 0 Å². The Hall–Kier alpha value is -1.47. The van der Waals surface area contributed by atoms with Crippen molar-refractivity contribution in [2.24, 2.45) is 5.41 Å². The molecule has 1 saturated carbocycles. The predicted molar refractivity (Wildman–Crippen MR) is 75.0 cm³/mol. The molecule has 110 valence electrons. The van der Waals surface area contributed by atoms with E-state index in [-0.39, 0.29) is 40.0 Å². The molecule has 1 aliphatic rings. The maximum Gasteiger partial charge on any atom is 0.332 e. The third-order valence-corrected chi connectivity index (χ3v) is 4.16. The lowest BCUT2D eigenvalue weighted by molar-refractivity contribution is -0.385. The molecule has 2 atom stereocenters. The number of nitrogens with one attached hydrogen (secondary N) is 1. The van der Waals surface area contributed by atoms with Crippen LogP contribution in [0.25, 0.3) is 0 Å². The lowest BCUT2D eigenvalue weighted by atomic mass is 9.64. The second-order valence-corrected chi connectivity index (χ2v) is 5.85. The van der Waals surface area contributed by atoms with Gasteiger partial charge in [0.15, 0.2) is 0 Å². The Balaban J connectivity index is 2.29.